The number of halogens is 1. The molecule has 0 bridgehead atoms. The lowest BCUT2D eigenvalue weighted by molar-refractivity contribution is -0.171. The van der Waals surface area contributed by atoms with Crippen molar-refractivity contribution in [2.75, 3.05) is 39.2 Å². The van der Waals surface area contributed by atoms with Gasteiger partial charge in [-0.05, 0) is 48.7 Å². The highest BCUT2D eigenvalue weighted by Crippen LogP contribution is 2.22. The number of nitrogens with zero attached hydrogens (tertiary/aromatic N) is 4. The summed E-state index contributed by atoms with van der Waals surface area (Å²) < 4.78 is 13.3. The van der Waals surface area contributed by atoms with Gasteiger partial charge in [-0.2, -0.15) is 11.8 Å². The lowest BCUT2D eigenvalue weighted by atomic mass is 10.1. The first-order valence-corrected chi connectivity index (χ1v) is 13.2. The molecule has 8 nitrogen and oxygen atoms in total. The van der Waals surface area contributed by atoms with Gasteiger partial charge in [0.05, 0.1) is 12.6 Å². The second-order valence-corrected chi connectivity index (χ2v) is 9.88. The van der Waals surface area contributed by atoms with Crippen molar-refractivity contribution >= 4 is 30.0 Å². The molecule has 0 spiro atoms. The molecule has 2 aromatic carbocycles. The van der Waals surface area contributed by atoms with Crippen molar-refractivity contribution in [1.29, 1.82) is 0 Å². The fourth-order valence-electron chi connectivity index (χ4n) is 4.34. The standard InChI is InChI=1S/C26H34FN5O3S/c1-29(16-21-7-5-4-6-8-21)17-24-31(23(19-33)13-14-36-3)25(34)18-30(2)32(24)26(35)28-15-20-9-11-22(27)12-10-20/h4-12,19,23-24H,13-18H2,1-3H3,(H,28,35)/t23-,24?/m0/s1. The van der Waals surface area contributed by atoms with Crippen LogP contribution in [0.15, 0.2) is 54.6 Å². The molecule has 1 N–H and O–H groups in total. The first-order valence-electron chi connectivity index (χ1n) is 11.8. The van der Waals surface area contributed by atoms with E-state index in [-0.39, 0.29) is 24.8 Å². The van der Waals surface area contributed by atoms with Gasteiger partial charge in [0.2, 0.25) is 5.91 Å². The largest absolute Gasteiger partial charge is 0.334 e. The maximum Gasteiger partial charge on any atom is 0.334 e. The van der Waals surface area contributed by atoms with Gasteiger partial charge in [0.25, 0.3) is 0 Å². The Morgan fingerprint density at radius 2 is 1.89 bits per heavy atom. The first-order chi connectivity index (χ1) is 17.3. The number of hydrogen-bond donors (Lipinski definition) is 1. The van der Waals surface area contributed by atoms with Gasteiger partial charge < -0.3 is 15.0 Å². The molecule has 0 aromatic heterocycles. The molecular weight excluding hydrogens is 481 g/mol. The average molecular weight is 516 g/mol. The zero-order valence-corrected chi connectivity index (χ0v) is 21.8. The topological polar surface area (TPSA) is 76.2 Å². The molecule has 3 rings (SSSR count). The zero-order chi connectivity index (χ0) is 26.1. The highest BCUT2D eigenvalue weighted by Gasteiger charge is 2.43. The molecule has 36 heavy (non-hydrogen) atoms. The summed E-state index contributed by atoms with van der Waals surface area (Å²) in [6, 6.07) is 14.8. The summed E-state index contributed by atoms with van der Waals surface area (Å²) >= 11 is 1.60. The van der Waals surface area contributed by atoms with Gasteiger partial charge >= 0.3 is 6.03 Å². The first kappa shape index (κ1) is 27.6. The van der Waals surface area contributed by atoms with Crippen LogP contribution in [-0.4, -0.2) is 89.4 Å². The van der Waals surface area contributed by atoms with Crippen molar-refractivity contribution in [2.24, 2.45) is 0 Å². The van der Waals surface area contributed by atoms with Crippen LogP contribution in [0, 0.1) is 5.82 Å². The molecule has 0 radical (unpaired) electrons. The van der Waals surface area contributed by atoms with Gasteiger partial charge in [0.15, 0.2) is 0 Å². The lowest BCUT2D eigenvalue weighted by Gasteiger charge is -2.50. The summed E-state index contributed by atoms with van der Waals surface area (Å²) in [6.07, 6.45) is 2.58. The van der Waals surface area contributed by atoms with Gasteiger partial charge in [0.1, 0.15) is 18.3 Å². The third-order valence-corrected chi connectivity index (χ3v) is 6.73. The number of carbonyl (C=O) groups is 3. The van der Waals surface area contributed by atoms with Crippen LogP contribution in [0.4, 0.5) is 9.18 Å². The summed E-state index contributed by atoms with van der Waals surface area (Å²) in [5.41, 5.74) is 1.85. The Hall–Kier alpha value is -2.95. The number of likely N-dealkylation sites (N-methyl/N-ethyl adjacent to an activating group) is 2. The minimum Gasteiger partial charge on any atom is -0.333 e. The van der Waals surface area contributed by atoms with Gasteiger partial charge in [0, 0.05) is 26.7 Å². The van der Waals surface area contributed by atoms with Crippen LogP contribution < -0.4 is 5.32 Å². The van der Waals surface area contributed by atoms with E-state index in [0.29, 0.717) is 25.3 Å². The molecule has 194 valence electrons. The predicted molar refractivity (Wildman–Crippen MR) is 139 cm³/mol. The summed E-state index contributed by atoms with van der Waals surface area (Å²) in [4.78, 5) is 42.3. The van der Waals surface area contributed by atoms with Crippen LogP contribution in [-0.2, 0) is 22.7 Å². The molecule has 1 fully saturated rings. The van der Waals surface area contributed by atoms with E-state index < -0.39 is 18.2 Å². The van der Waals surface area contributed by atoms with Crippen molar-refractivity contribution in [3.05, 3.63) is 71.5 Å². The van der Waals surface area contributed by atoms with E-state index >= 15 is 0 Å². The SMILES string of the molecule is CSCC[C@@H](C=O)N1C(=O)CN(C)N(C(=O)NCc2ccc(F)cc2)C1CN(C)Cc1ccccc1. The maximum atomic E-state index is 13.4. The fourth-order valence-corrected chi connectivity index (χ4v) is 4.81. The van der Waals surface area contributed by atoms with Gasteiger partial charge in [-0.15, -0.1) is 0 Å². The summed E-state index contributed by atoms with van der Waals surface area (Å²) in [7, 11) is 3.62. The zero-order valence-electron chi connectivity index (χ0n) is 21.0. The molecule has 1 unspecified atom stereocenters. The van der Waals surface area contributed by atoms with E-state index in [1.165, 1.54) is 17.1 Å². The number of rotatable bonds is 11. The molecular formula is C26H34FN5O3S. The summed E-state index contributed by atoms with van der Waals surface area (Å²) in [5.74, 6) is 0.171. The predicted octanol–water partition coefficient (Wildman–Crippen LogP) is 2.81. The minimum atomic E-state index is -0.685. The Bertz CT molecular complexity index is 1010. The lowest BCUT2D eigenvalue weighted by Crippen LogP contribution is -2.71. The van der Waals surface area contributed by atoms with E-state index in [0.717, 1.165) is 17.4 Å². The number of thioether (sulfide) groups is 1. The second kappa shape index (κ2) is 13.4. The number of hydrazine groups is 1. The number of carbonyl (C=O) groups excluding carboxylic acids is 3. The minimum absolute atomic E-state index is 0.0214. The van der Waals surface area contributed by atoms with Crippen molar-refractivity contribution in [1.82, 2.24) is 25.1 Å². The third-order valence-electron chi connectivity index (χ3n) is 6.09. The van der Waals surface area contributed by atoms with Gasteiger partial charge in [-0.1, -0.05) is 42.5 Å². The van der Waals surface area contributed by atoms with E-state index in [2.05, 4.69) is 5.32 Å². The van der Waals surface area contributed by atoms with Crippen molar-refractivity contribution in [3.8, 4) is 0 Å². The van der Waals surface area contributed by atoms with E-state index in [1.54, 1.807) is 40.9 Å². The Balaban J connectivity index is 1.85. The van der Waals surface area contributed by atoms with Gasteiger partial charge in [-0.25, -0.2) is 19.2 Å². The number of amides is 3. The molecule has 2 atom stereocenters. The molecule has 1 heterocycles. The molecule has 0 saturated carbocycles. The monoisotopic (exact) mass is 515 g/mol. The van der Waals surface area contributed by atoms with Crippen LogP contribution in [0.5, 0.6) is 0 Å². The number of aldehydes is 1. The van der Waals surface area contributed by atoms with Crippen LogP contribution in [0.2, 0.25) is 0 Å². The average Bonchev–Trinajstić information content (AvgIpc) is 2.85. The molecule has 0 aliphatic carbocycles. The van der Waals surface area contributed by atoms with E-state index in [1.807, 2.05) is 48.5 Å². The fraction of sp³-hybridized carbons (Fsp3) is 0.423. The number of benzene rings is 2. The van der Waals surface area contributed by atoms with Crippen molar-refractivity contribution < 1.29 is 18.8 Å². The Labute approximate surface area is 216 Å². The van der Waals surface area contributed by atoms with Gasteiger partial charge in [-0.3, -0.25) is 9.69 Å². The van der Waals surface area contributed by atoms with Crippen LogP contribution >= 0.6 is 11.8 Å². The molecule has 10 heteroatoms. The molecule has 1 aliphatic heterocycles. The Morgan fingerprint density at radius 3 is 2.53 bits per heavy atom. The third kappa shape index (κ3) is 7.28. The quantitative estimate of drug-likeness (QED) is 0.464. The van der Waals surface area contributed by atoms with Crippen LogP contribution in [0.3, 0.4) is 0 Å². The van der Waals surface area contributed by atoms with E-state index in [4.69, 9.17) is 0 Å². The second-order valence-electron chi connectivity index (χ2n) is 8.89. The molecule has 1 saturated heterocycles. The summed E-state index contributed by atoms with van der Waals surface area (Å²) in [5, 5.41) is 5.99. The Morgan fingerprint density at radius 1 is 1.19 bits per heavy atom. The number of nitrogens with one attached hydrogen (secondary N) is 1. The maximum absolute atomic E-state index is 13.4. The summed E-state index contributed by atoms with van der Waals surface area (Å²) in [6.45, 7) is 1.14. The van der Waals surface area contributed by atoms with E-state index in [9.17, 15) is 18.8 Å². The number of hydrogen-bond acceptors (Lipinski definition) is 6. The molecule has 3 amide bonds. The van der Waals surface area contributed by atoms with Crippen LogP contribution in [0.1, 0.15) is 17.5 Å². The Kier molecular flexibility index (Phi) is 10.3. The normalized spacial score (nSPS) is 17.4. The highest BCUT2D eigenvalue weighted by molar-refractivity contribution is 7.98. The number of urea groups is 1. The molecule has 1 aliphatic rings. The van der Waals surface area contributed by atoms with Crippen molar-refractivity contribution in [3.63, 3.8) is 0 Å². The molecule has 2 aromatic rings. The smallest absolute Gasteiger partial charge is 0.333 e. The highest BCUT2D eigenvalue weighted by atomic mass is 32.2. The van der Waals surface area contributed by atoms with Crippen LogP contribution in [0.25, 0.3) is 0 Å². The van der Waals surface area contributed by atoms with Crippen molar-refractivity contribution in [2.45, 2.75) is 31.7 Å².